The van der Waals surface area contributed by atoms with Crippen molar-refractivity contribution in [2.24, 2.45) is 0 Å². The minimum atomic E-state index is -0.260. The van der Waals surface area contributed by atoms with Gasteiger partial charge in [-0.1, -0.05) is 13.0 Å². The molecular weight excluding hydrogens is 461 g/mol. The van der Waals surface area contributed by atoms with Gasteiger partial charge in [0.15, 0.2) is 5.11 Å². The molecule has 0 atom stereocenters. The van der Waals surface area contributed by atoms with Gasteiger partial charge in [0.25, 0.3) is 5.91 Å². The third-order valence-electron chi connectivity index (χ3n) is 3.56. The molecule has 26 heavy (non-hydrogen) atoms. The summed E-state index contributed by atoms with van der Waals surface area (Å²) in [4.78, 5) is 23.8. The van der Waals surface area contributed by atoms with Gasteiger partial charge in [-0.3, -0.25) is 14.9 Å². The van der Waals surface area contributed by atoms with Crippen molar-refractivity contribution in [2.45, 2.75) is 26.7 Å². The Morgan fingerprint density at radius 2 is 1.65 bits per heavy atom. The first kappa shape index (κ1) is 20.3. The number of halogens is 1. The van der Waals surface area contributed by atoms with E-state index in [1.54, 1.807) is 30.3 Å². The molecule has 136 valence electrons. The van der Waals surface area contributed by atoms with Crippen LogP contribution in [0, 0.1) is 10.5 Å². The monoisotopic (exact) mass is 481 g/mol. The van der Waals surface area contributed by atoms with Crippen LogP contribution in [0.2, 0.25) is 0 Å². The maximum absolute atomic E-state index is 12.3. The lowest BCUT2D eigenvalue weighted by Gasteiger charge is -2.11. The van der Waals surface area contributed by atoms with Crippen LogP contribution < -0.4 is 16.0 Å². The Balaban J connectivity index is 1.91. The smallest absolute Gasteiger partial charge is 0.257 e. The maximum atomic E-state index is 12.3. The van der Waals surface area contributed by atoms with Gasteiger partial charge < -0.3 is 10.6 Å². The van der Waals surface area contributed by atoms with Crippen LogP contribution in [0.15, 0.2) is 42.5 Å². The molecule has 3 N–H and O–H groups in total. The highest BCUT2D eigenvalue weighted by molar-refractivity contribution is 14.1. The van der Waals surface area contributed by atoms with Crippen molar-refractivity contribution in [3.05, 3.63) is 57.2 Å². The molecular formula is C19H20IN3O2S. The van der Waals surface area contributed by atoms with Gasteiger partial charge in [0.05, 0.1) is 0 Å². The van der Waals surface area contributed by atoms with Gasteiger partial charge in [0.1, 0.15) is 0 Å². The zero-order valence-corrected chi connectivity index (χ0v) is 17.5. The molecule has 0 aromatic heterocycles. The number of nitrogens with one attached hydrogen (secondary N) is 3. The Labute approximate surface area is 172 Å². The molecule has 0 unspecified atom stereocenters. The highest BCUT2D eigenvalue weighted by Crippen LogP contribution is 2.15. The Hall–Kier alpha value is -2.00. The van der Waals surface area contributed by atoms with Crippen LogP contribution in [0.1, 0.15) is 35.7 Å². The van der Waals surface area contributed by atoms with Gasteiger partial charge in [-0.15, -0.1) is 0 Å². The summed E-state index contributed by atoms with van der Waals surface area (Å²) in [6, 6.07) is 12.6. The van der Waals surface area contributed by atoms with E-state index in [1.807, 2.05) is 26.0 Å². The van der Waals surface area contributed by atoms with Crippen LogP contribution >= 0.6 is 34.8 Å². The fraction of sp³-hybridized carbons (Fsp3) is 0.211. The summed E-state index contributed by atoms with van der Waals surface area (Å²) in [5.41, 5.74) is 3.12. The van der Waals surface area contributed by atoms with E-state index in [-0.39, 0.29) is 16.9 Å². The van der Waals surface area contributed by atoms with E-state index < -0.39 is 0 Å². The quantitative estimate of drug-likeness (QED) is 0.436. The fourth-order valence-electron chi connectivity index (χ4n) is 2.16. The van der Waals surface area contributed by atoms with Gasteiger partial charge in [-0.2, -0.15) is 0 Å². The molecule has 0 saturated carbocycles. The van der Waals surface area contributed by atoms with Crippen molar-refractivity contribution in [3.8, 4) is 0 Å². The first-order valence-electron chi connectivity index (χ1n) is 8.17. The topological polar surface area (TPSA) is 70.2 Å². The molecule has 2 rings (SSSR count). The van der Waals surface area contributed by atoms with Crippen LogP contribution in [0.25, 0.3) is 0 Å². The second-order valence-corrected chi connectivity index (χ2v) is 7.32. The van der Waals surface area contributed by atoms with Gasteiger partial charge in [0.2, 0.25) is 5.91 Å². The van der Waals surface area contributed by atoms with Crippen LogP contribution in [-0.2, 0) is 4.79 Å². The first-order chi connectivity index (χ1) is 12.4. The van der Waals surface area contributed by atoms with Crippen molar-refractivity contribution in [2.75, 3.05) is 10.6 Å². The summed E-state index contributed by atoms with van der Waals surface area (Å²) in [5, 5.41) is 8.66. The number of carbonyl (C=O) groups excluding carboxylic acids is 2. The lowest BCUT2D eigenvalue weighted by molar-refractivity contribution is -0.116. The van der Waals surface area contributed by atoms with Crippen LogP contribution in [-0.4, -0.2) is 16.9 Å². The Morgan fingerprint density at radius 1 is 1.04 bits per heavy atom. The Morgan fingerprint density at radius 3 is 2.23 bits per heavy atom. The number of benzene rings is 2. The predicted molar refractivity (Wildman–Crippen MR) is 118 cm³/mol. The predicted octanol–water partition coefficient (Wildman–Crippen LogP) is 4.47. The number of hydrogen-bond donors (Lipinski definition) is 3. The van der Waals surface area contributed by atoms with Crippen LogP contribution in [0.5, 0.6) is 0 Å². The summed E-state index contributed by atoms with van der Waals surface area (Å²) in [5.74, 6) is -0.271. The van der Waals surface area contributed by atoms with Gasteiger partial charge in [-0.05, 0) is 90.1 Å². The van der Waals surface area contributed by atoms with Crippen molar-refractivity contribution in [3.63, 3.8) is 0 Å². The molecule has 0 spiro atoms. The van der Waals surface area contributed by atoms with Gasteiger partial charge in [0, 0.05) is 26.9 Å². The first-order valence-corrected chi connectivity index (χ1v) is 9.66. The van der Waals surface area contributed by atoms with Crippen molar-refractivity contribution >= 4 is 63.1 Å². The summed E-state index contributed by atoms with van der Waals surface area (Å²) >= 11 is 7.39. The average molecular weight is 481 g/mol. The molecule has 5 nitrogen and oxygen atoms in total. The number of aryl methyl sites for hydroxylation is 1. The van der Waals surface area contributed by atoms with E-state index in [2.05, 4.69) is 38.5 Å². The number of carbonyl (C=O) groups is 2. The molecule has 0 aliphatic carbocycles. The van der Waals surface area contributed by atoms with Crippen LogP contribution in [0.4, 0.5) is 11.4 Å². The van der Waals surface area contributed by atoms with E-state index in [0.29, 0.717) is 12.0 Å². The molecule has 7 heteroatoms. The summed E-state index contributed by atoms with van der Waals surface area (Å²) in [7, 11) is 0. The largest absolute Gasteiger partial charge is 0.332 e. The van der Waals surface area contributed by atoms with E-state index in [0.717, 1.165) is 26.9 Å². The highest BCUT2D eigenvalue weighted by atomic mass is 127. The zero-order chi connectivity index (χ0) is 19.1. The number of hydrogen-bond acceptors (Lipinski definition) is 3. The zero-order valence-electron chi connectivity index (χ0n) is 14.6. The highest BCUT2D eigenvalue weighted by Gasteiger charge is 2.09. The second-order valence-electron chi connectivity index (χ2n) is 5.75. The third kappa shape index (κ3) is 6.06. The molecule has 2 aromatic carbocycles. The third-order valence-corrected chi connectivity index (χ3v) is 4.93. The molecule has 2 aromatic rings. The Bertz CT molecular complexity index is 822. The number of thiocarbonyl (C=S) groups is 1. The normalized spacial score (nSPS) is 10.1. The molecule has 0 aliphatic heterocycles. The second kappa shape index (κ2) is 9.63. The average Bonchev–Trinajstić information content (AvgIpc) is 2.59. The SMILES string of the molecule is CCCC(=O)Nc1ccc(NC(=S)NC(=O)c2ccc(C)c(I)c2)cc1. The van der Waals surface area contributed by atoms with E-state index in [9.17, 15) is 9.59 Å². The Kier molecular flexibility index (Phi) is 7.52. The molecule has 0 aliphatic rings. The van der Waals surface area contributed by atoms with E-state index >= 15 is 0 Å². The van der Waals surface area contributed by atoms with Crippen LogP contribution in [0.3, 0.4) is 0 Å². The number of rotatable bonds is 5. The molecule has 0 heterocycles. The van der Waals surface area contributed by atoms with Gasteiger partial charge in [-0.25, -0.2) is 0 Å². The summed E-state index contributed by atoms with van der Waals surface area (Å²) in [6.07, 6.45) is 1.30. The molecule has 0 bridgehead atoms. The lowest BCUT2D eigenvalue weighted by Crippen LogP contribution is -2.34. The molecule has 0 fully saturated rings. The van der Waals surface area contributed by atoms with Gasteiger partial charge >= 0.3 is 0 Å². The van der Waals surface area contributed by atoms with Crippen molar-refractivity contribution in [1.29, 1.82) is 0 Å². The fourth-order valence-corrected chi connectivity index (χ4v) is 2.89. The lowest BCUT2D eigenvalue weighted by atomic mass is 10.1. The van der Waals surface area contributed by atoms with Crippen molar-refractivity contribution in [1.82, 2.24) is 5.32 Å². The number of anilines is 2. The standard InChI is InChI=1S/C19H20IN3O2S/c1-3-4-17(24)21-14-7-9-15(10-8-14)22-19(26)23-18(25)13-6-5-12(2)16(20)11-13/h5-11H,3-4H2,1-2H3,(H,21,24)(H2,22,23,25,26). The molecule has 0 saturated heterocycles. The van der Waals surface area contributed by atoms with E-state index in [1.165, 1.54) is 0 Å². The maximum Gasteiger partial charge on any atom is 0.257 e. The summed E-state index contributed by atoms with van der Waals surface area (Å²) < 4.78 is 1.02. The minimum Gasteiger partial charge on any atom is -0.332 e. The molecule has 0 radical (unpaired) electrons. The summed E-state index contributed by atoms with van der Waals surface area (Å²) in [6.45, 7) is 3.95. The van der Waals surface area contributed by atoms with Crippen molar-refractivity contribution < 1.29 is 9.59 Å². The minimum absolute atomic E-state index is 0.0104. The molecule has 2 amide bonds. The number of amides is 2. The van der Waals surface area contributed by atoms with E-state index in [4.69, 9.17) is 12.2 Å².